The number of fused-ring (bicyclic) bond motifs is 1. The molecule has 0 aliphatic heterocycles. The number of aryl methyl sites for hydroxylation is 1. The van der Waals surface area contributed by atoms with E-state index in [2.05, 4.69) is 29.6 Å². The molecular formula is C19H12ClF3N6O2S. The quantitative estimate of drug-likeness (QED) is 0.416. The summed E-state index contributed by atoms with van der Waals surface area (Å²) in [4.78, 5) is 31.8. The summed E-state index contributed by atoms with van der Waals surface area (Å²) in [6.45, 7) is 1.69. The molecule has 3 aromatic heterocycles. The Morgan fingerprint density at radius 3 is 2.66 bits per heavy atom. The summed E-state index contributed by atoms with van der Waals surface area (Å²) in [7, 11) is -2.15. The van der Waals surface area contributed by atoms with E-state index in [9.17, 15) is 22.2 Å². The molecule has 4 aromatic rings. The molecule has 1 aromatic carbocycles. The first-order valence-electron chi connectivity index (χ1n) is 8.85. The molecule has 8 nitrogen and oxygen atoms in total. The minimum absolute atomic E-state index is 0.0106. The topological polar surface area (TPSA) is 114 Å². The van der Waals surface area contributed by atoms with E-state index >= 15 is 0 Å². The molecule has 1 unspecified atom stereocenters. The van der Waals surface area contributed by atoms with Crippen LogP contribution in [0.5, 0.6) is 0 Å². The predicted octanol–water partition coefficient (Wildman–Crippen LogP) is 4.09. The highest BCUT2D eigenvalue weighted by Crippen LogP contribution is 2.36. The number of rotatable bonds is 5. The zero-order chi connectivity index (χ0) is 23.0. The number of carbonyl (C=O) groups excluding carboxylic acids is 1. The number of imidazole rings is 1. The van der Waals surface area contributed by atoms with Gasteiger partial charge in [-0.3, -0.25) is 14.5 Å². The first-order valence-corrected chi connectivity index (χ1v) is 10.4. The zero-order valence-corrected chi connectivity index (χ0v) is 17.6. The lowest BCUT2D eigenvalue weighted by molar-refractivity contribution is -0.137. The Balaban J connectivity index is 1.71. The van der Waals surface area contributed by atoms with Gasteiger partial charge in [-0.2, -0.15) is 13.2 Å². The number of benzene rings is 1. The van der Waals surface area contributed by atoms with Crippen molar-refractivity contribution in [2.45, 2.75) is 18.0 Å². The van der Waals surface area contributed by atoms with Gasteiger partial charge in [0, 0.05) is 6.20 Å². The van der Waals surface area contributed by atoms with Crippen molar-refractivity contribution in [2.75, 3.05) is 4.72 Å². The number of pyridine rings is 1. The fourth-order valence-corrected chi connectivity index (χ4v) is 3.99. The van der Waals surface area contributed by atoms with Crippen LogP contribution in [-0.2, 0) is 17.2 Å². The summed E-state index contributed by atoms with van der Waals surface area (Å²) in [5.41, 5.74) is -0.000286. The Hall–Kier alpha value is -3.38. The van der Waals surface area contributed by atoms with Gasteiger partial charge in [-0.1, -0.05) is 11.6 Å². The molecule has 0 spiro atoms. The largest absolute Gasteiger partial charge is 0.417 e. The predicted molar refractivity (Wildman–Crippen MR) is 111 cm³/mol. The lowest BCUT2D eigenvalue weighted by Gasteiger charge is -2.13. The number of aromatic nitrogens is 5. The first kappa shape index (κ1) is 21.8. The van der Waals surface area contributed by atoms with Crippen molar-refractivity contribution in [2.24, 2.45) is 0 Å². The van der Waals surface area contributed by atoms with Crippen LogP contribution in [0.25, 0.3) is 11.2 Å². The van der Waals surface area contributed by atoms with Crippen molar-refractivity contribution >= 4 is 45.2 Å². The van der Waals surface area contributed by atoms with E-state index in [1.807, 2.05) is 0 Å². The fourth-order valence-electron chi connectivity index (χ4n) is 2.87. The second-order valence-electron chi connectivity index (χ2n) is 6.57. The molecule has 0 aliphatic carbocycles. The molecule has 164 valence electrons. The zero-order valence-electron chi connectivity index (χ0n) is 16.1. The number of carbonyl (C=O) groups is 1. The fraction of sp³-hybridized carbons (Fsp3) is 0.105. The number of halogens is 4. The van der Waals surface area contributed by atoms with Crippen LogP contribution in [0.2, 0.25) is 5.02 Å². The SMILES string of the molecule is Cc1cnc(C(=O)c2ncnc3nc[nH]c23)c(NS(=O)c2ccc(Cl)c(C(F)(F)F)c2)c1. The molecule has 1 atom stereocenters. The summed E-state index contributed by atoms with van der Waals surface area (Å²) >= 11 is 5.63. The smallest absolute Gasteiger partial charge is 0.341 e. The Morgan fingerprint density at radius 2 is 1.91 bits per heavy atom. The molecule has 0 fully saturated rings. The molecule has 0 amide bonds. The molecule has 0 radical (unpaired) electrons. The van der Waals surface area contributed by atoms with Gasteiger partial charge in [0.05, 0.1) is 27.5 Å². The van der Waals surface area contributed by atoms with E-state index in [1.54, 1.807) is 6.92 Å². The summed E-state index contributed by atoms with van der Waals surface area (Å²) in [5, 5.41) is -0.515. The Bertz CT molecular complexity index is 1370. The Morgan fingerprint density at radius 1 is 1.12 bits per heavy atom. The van der Waals surface area contributed by atoms with Crippen LogP contribution in [0.1, 0.15) is 27.3 Å². The number of anilines is 1. The lowest BCUT2D eigenvalue weighted by Crippen LogP contribution is -2.15. The second kappa shape index (κ2) is 8.28. The van der Waals surface area contributed by atoms with Crippen LogP contribution < -0.4 is 4.72 Å². The molecule has 32 heavy (non-hydrogen) atoms. The van der Waals surface area contributed by atoms with Gasteiger partial charge in [-0.05, 0) is 36.8 Å². The van der Waals surface area contributed by atoms with Crippen LogP contribution in [-0.4, -0.2) is 34.9 Å². The van der Waals surface area contributed by atoms with Crippen molar-refractivity contribution in [3.8, 4) is 0 Å². The molecule has 13 heteroatoms. The van der Waals surface area contributed by atoms with Gasteiger partial charge in [-0.15, -0.1) is 0 Å². The average Bonchev–Trinajstić information content (AvgIpc) is 3.22. The third-order valence-corrected chi connectivity index (χ3v) is 5.75. The highest BCUT2D eigenvalue weighted by Gasteiger charge is 2.34. The van der Waals surface area contributed by atoms with Gasteiger partial charge in [0.1, 0.15) is 34.2 Å². The van der Waals surface area contributed by atoms with Gasteiger partial charge >= 0.3 is 6.18 Å². The van der Waals surface area contributed by atoms with Gasteiger partial charge < -0.3 is 4.98 Å². The highest BCUT2D eigenvalue weighted by atomic mass is 35.5. The maximum Gasteiger partial charge on any atom is 0.417 e. The molecule has 3 heterocycles. The number of H-pyrrole nitrogens is 1. The number of hydrogen-bond acceptors (Lipinski definition) is 6. The normalized spacial score (nSPS) is 12.7. The Kier molecular flexibility index (Phi) is 5.65. The van der Waals surface area contributed by atoms with Crippen molar-refractivity contribution < 1.29 is 22.2 Å². The standard InChI is InChI=1S/C19H12ClF3N6O2S/c1-9-4-13(29-32(31)10-2-3-12(20)11(5-10)19(21,22)23)14(24-6-9)17(30)15-16-18(27-7-25-15)28-8-26-16/h2-8,29H,1H3,(H,25,26,27,28). The van der Waals surface area contributed by atoms with E-state index in [0.717, 1.165) is 6.07 Å². The van der Waals surface area contributed by atoms with E-state index in [-0.39, 0.29) is 27.6 Å². The van der Waals surface area contributed by atoms with Gasteiger partial charge in [0.2, 0.25) is 5.78 Å². The molecule has 2 N–H and O–H groups in total. The minimum Gasteiger partial charge on any atom is -0.341 e. The highest BCUT2D eigenvalue weighted by molar-refractivity contribution is 7.86. The monoisotopic (exact) mass is 480 g/mol. The maximum atomic E-state index is 13.2. The summed E-state index contributed by atoms with van der Waals surface area (Å²) in [5.74, 6) is -0.617. The third kappa shape index (κ3) is 4.18. The van der Waals surface area contributed by atoms with Crippen LogP contribution in [0.15, 0.2) is 48.0 Å². The summed E-state index contributed by atoms with van der Waals surface area (Å²) in [6, 6.07) is 4.40. The summed E-state index contributed by atoms with van der Waals surface area (Å²) in [6.07, 6.45) is -0.767. The van der Waals surface area contributed by atoms with Crippen LogP contribution in [0.3, 0.4) is 0 Å². The molecule has 0 aliphatic rings. The number of nitrogens with zero attached hydrogens (tertiary/aromatic N) is 4. The van der Waals surface area contributed by atoms with E-state index in [4.69, 9.17) is 11.6 Å². The van der Waals surface area contributed by atoms with Crippen molar-refractivity contribution in [1.82, 2.24) is 24.9 Å². The lowest BCUT2D eigenvalue weighted by atomic mass is 10.1. The third-order valence-electron chi connectivity index (χ3n) is 4.34. The molecular weight excluding hydrogens is 469 g/mol. The summed E-state index contributed by atoms with van der Waals surface area (Å²) < 4.78 is 54.8. The average molecular weight is 481 g/mol. The van der Waals surface area contributed by atoms with E-state index < -0.39 is 33.5 Å². The van der Waals surface area contributed by atoms with Crippen LogP contribution in [0, 0.1) is 6.92 Å². The number of ketones is 1. The number of alkyl halides is 3. The maximum absolute atomic E-state index is 13.2. The van der Waals surface area contributed by atoms with Gasteiger partial charge in [-0.25, -0.2) is 19.2 Å². The number of nitrogens with one attached hydrogen (secondary N) is 2. The molecule has 0 saturated carbocycles. The molecule has 4 rings (SSSR count). The second-order valence-corrected chi connectivity index (χ2v) is 8.19. The Labute approximate surface area is 185 Å². The van der Waals surface area contributed by atoms with Crippen molar-refractivity contribution in [3.05, 3.63) is 70.7 Å². The van der Waals surface area contributed by atoms with Crippen LogP contribution in [0.4, 0.5) is 18.9 Å². The number of hydrogen-bond donors (Lipinski definition) is 2. The van der Waals surface area contributed by atoms with Crippen LogP contribution >= 0.6 is 11.6 Å². The van der Waals surface area contributed by atoms with Crippen molar-refractivity contribution in [3.63, 3.8) is 0 Å². The molecule has 0 saturated heterocycles. The molecule has 0 bridgehead atoms. The minimum atomic E-state index is -4.72. The van der Waals surface area contributed by atoms with E-state index in [0.29, 0.717) is 17.1 Å². The van der Waals surface area contributed by atoms with E-state index in [1.165, 1.54) is 31.0 Å². The number of aromatic amines is 1. The van der Waals surface area contributed by atoms with Crippen molar-refractivity contribution in [1.29, 1.82) is 0 Å². The van der Waals surface area contributed by atoms with Gasteiger partial charge in [0.15, 0.2) is 5.65 Å². The van der Waals surface area contributed by atoms with Gasteiger partial charge in [0.25, 0.3) is 0 Å². The first-order chi connectivity index (χ1) is 15.1.